The lowest BCUT2D eigenvalue weighted by Crippen LogP contribution is -2.33. The lowest BCUT2D eigenvalue weighted by atomic mass is 10.2. The van der Waals surface area contributed by atoms with Gasteiger partial charge in [-0.15, -0.1) is 0 Å². The lowest BCUT2D eigenvalue weighted by Gasteiger charge is -2.14. The van der Waals surface area contributed by atoms with Gasteiger partial charge in [-0.05, 0) is 0 Å². The SMILES string of the molecule is COC(=O)CCC(=O)N1C[C@H](N)[C@@H](O)C1. The van der Waals surface area contributed by atoms with Crippen LogP contribution in [0.4, 0.5) is 0 Å². The summed E-state index contributed by atoms with van der Waals surface area (Å²) in [7, 11) is 1.28. The Hall–Kier alpha value is -1.14. The van der Waals surface area contributed by atoms with Gasteiger partial charge >= 0.3 is 5.97 Å². The molecule has 0 unspecified atom stereocenters. The molecule has 1 rings (SSSR count). The van der Waals surface area contributed by atoms with Crippen molar-refractivity contribution >= 4 is 11.9 Å². The maximum atomic E-state index is 11.5. The van der Waals surface area contributed by atoms with E-state index in [2.05, 4.69) is 4.74 Å². The number of esters is 1. The van der Waals surface area contributed by atoms with E-state index in [1.54, 1.807) is 0 Å². The van der Waals surface area contributed by atoms with Gasteiger partial charge in [0.25, 0.3) is 0 Å². The van der Waals surface area contributed by atoms with Crippen LogP contribution in [-0.4, -0.2) is 54.2 Å². The first kappa shape index (κ1) is 11.9. The molecule has 0 aliphatic carbocycles. The molecule has 0 aromatic rings. The van der Waals surface area contributed by atoms with E-state index in [9.17, 15) is 14.7 Å². The van der Waals surface area contributed by atoms with Crippen LogP contribution in [0.3, 0.4) is 0 Å². The maximum absolute atomic E-state index is 11.5. The molecule has 0 aromatic carbocycles. The van der Waals surface area contributed by atoms with Crippen LogP contribution in [0.25, 0.3) is 0 Å². The Morgan fingerprint density at radius 2 is 2.13 bits per heavy atom. The summed E-state index contributed by atoms with van der Waals surface area (Å²) in [5.74, 6) is -0.584. The predicted octanol–water partition coefficient (Wildman–Crippen LogP) is -1.53. The summed E-state index contributed by atoms with van der Waals surface area (Å²) < 4.78 is 4.42. The molecule has 0 spiro atoms. The third-order valence-corrected chi connectivity index (χ3v) is 2.46. The number of nitrogens with zero attached hydrogens (tertiary/aromatic N) is 1. The van der Waals surface area contributed by atoms with Crippen LogP contribution in [0.2, 0.25) is 0 Å². The van der Waals surface area contributed by atoms with Crippen molar-refractivity contribution in [2.24, 2.45) is 5.73 Å². The fraction of sp³-hybridized carbons (Fsp3) is 0.778. The Kier molecular flexibility index (Phi) is 4.05. The van der Waals surface area contributed by atoms with Gasteiger partial charge in [-0.2, -0.15) is 0 Å². The largest absolute Gasteiger partial charge is 0.469 e. The van der Waals surface area contributed by atoms with Crippen molar-refractivity contribution in [3.63, 3.8) is 0 Å². The highest BCUT2D eigenvalue weighted by Gasteiger charge is 2.31. The summed E-state index contributed by atoms with van der Waals surface area (Å²) in [4.78, 5) is 23.8. The molecule has 0 saturated carbocycles. The fourth-order valence-corrected chi connectivity index (χ4v) is 1.48. The number of β-amino-alcohol motifs (C(OH)–C–C–N with tert-alkyl or cyclic N) is 1. The zero-order chi connectivity index (χ0) is 11.4. The fourth-order valence-electron chi connectivity index (χ4n) is 1.48. The van der Waals surface area contributed by atoms with Gasteiger partial charge in [-0.1, -0.05) is 0 Å². The number of hydrogen-bond acceptors (Lipinski definition) is 5. The molecule has 0 aromatic heterocycles. The van der Waals surface area contributed by atoms with Gasteiger partial charge in [0.15, 0.2) is 0 Å². The molecule has 0 radical (unpaired) electrons. The Balaban J connectivity index is 2.32. The topological polar surface area (TPSA) is 92.9 Å². The number of aliphatic hydroxyl groups is 1. The number of carbonyl (C=O) groups excluding carboxylic acids is 2. The zero-order valence-corrected chi connectivity index (χ0v) is 8.68. The highest BCUT2D eigenvalue weighted by molar-refractivity contribution is 5.81. The van der Waals surface area contributed by atoms with Crippen LogP contribution in [0, 0.1) is 0 Å². The van der Waals surface area contributed by atoms with Crippen LogP contribution >= 0.6 is 0 Å². The number of methoxy groups -OCH3 is 1. The third-order valence-electron chi connectivity index (χ3n) is 2.46. The summed E-state index contributed by atoms with van der Waals surface area (Å²) in [5.41, 5.74) is 5.55. The van der Waals surface area contributed by atoms with Gasteiger partial charge in [-0.3, -0.25) is 9.59 Å². The smallest absolute Gasteiger partial charge is 0.306 e. The summed E-state index contributed by atoms with van der Waals surface area (Å²) >= 11 is 0. The molecule has 15 heavy (non-hydrogen) atoms. The first-order valence-electron chi connectivity index (χ1n) is 4.83. The molecule has 1 amide bonds. The number of nitrogens with two attached hydrogens (primary N) is 1. The van der Waals surface area contributed by atoms with Crippen molar-refractivity contribution in [3.8, 4) is 0 Å². The normalized spacial score (nSPS) is 25.4. The number of ether oxygens (including phenoxy) is 1. The molecular weight excluding hydrogens is 200 g/mol. The van der Waals surface area contributed by atoms with Gasteiger partial charge in [0.1, 0.15) is 0 Å². The average Bonchev–Trinajstić information content (AvgIpc) is 2.55. The summed E-state index contributed by atoms with van der Waals surface area (Å²) in [5, 5.41) is 9.33. The van der Waals surface area contributed by atoms with E-state index in [-0.39, 0.29) is 31.3 Å². The number of hydrogen-bond donors (Lipinski definition) is 2. The first-order chi connectivity index (χ1) is 7.04. The van der Waals surface area contributed by atoms with E-state index >= 15 is 0 Å². The highest BCUT2D eigenvalue weighted by atomic mass is 16.5. The van der Waals surface area contributed by atoms with Gasteiger partial charge in [0.2, 0.25) is 5.91 Å². The quantitative estimate of drug-likeness (QED) is 0.558. The van der Waals surface area contributed by atoms with Crippen molar-refractivity contribution < 1.29 is 19.4 Å². The van der Waals surface area contributed by atoms with E-state index in [0.717, 1.165) is 0 Å². The third kappa shape index (κ3) is 3.17. The molecule has 3 N–H and O–H groups in total. The number of amides is 1. The lowest BCUT2D eigenvalue weighted by molar-refractivity contribution is -0.143. The van der Waals surface area contributed by atoms with Gasteiger partial charge in [-0.25, -0.2) is 0 Å². The van der Waals surface area contributed by atoms with Crippen molar-refractivity contribution in [3.05, 3.63) is 0 Å². The van der Waals surface area contributed by atoms with Crippen molar-refractivity contribution in [1.29, 1.82) is 0 Å². The van der Waals surface area contributed by atoms with E-state index in [4.69, 9.17) is 5.73 Å². The van der Waals surface area contributed by atoms with Gasteiger partial charge in [0, 0.05) is 25.6 Å². The molecule has 86 valence electrons. The van der Waals surface area contributed by atoms with E-state index in [1.165, 1.54) is 12.0 Å². The summed E-state index contributed by atoms with van der Waals surface area (Å²) in [6.07, 6.45) is -0.490. The minimum absolute atomic E-state index is 0.0666. The zero-order valence-electron chi connectivity index (χ0n) is 8.68. The Bertz CT molecular complexity index is 246. The molecule has 1 aliphatic heterocycles. The average molecular weight is 216 g/mol. The standard InChI is InChI=1S/C9H16N2O4/c1-15-9(14)3-2-8(13)11-4-6(10)7(12)5-11/h6-7,12H,2-5,10H2,1H3/t6-,7-/m0/s1. The van der Waals surface area contributed by atoms with Gasteiger partial charge < -0.3 is 20.5 Å². The molecule has 0 bridgehead atoms. The highest BCUT2D eigenvalue weighted by Crippen LogP contribution is 2.10. The van der Waals surface area contributed by atoms with Crippen molar-refractivity contribution in [2.75, 3.05) is 20.2 Å². The molecular formula is C9H16N2O4. The monoisotopic (exact) mass is 216 g/mol. The van der Waals surface area contributed by atoms with Crippen molar-refractivity contribution in [2.45, 2.75) is 25.0 Å². The Morgan fingerprint density at radius 1 is 1.47 bits per heavy atom. The maximum Gasteiger partial charge on any atom is 0.306 e. The number of carbonyl (C=O) groups is 2. The number of rotatable bonds is 3. The minimum Gasteiger partial charge on any atom is -0.469 e. The Morgan fingerprint density at radius 3 is 2.60 bits per heavy atom. The first-order valence-corrected chi connectivity index (χ1v) is 4.83. The summed E-state index contributed by atoms with van der Waals surface area (Å²) in [6.45, 7) is 0.600. The summed E-state index contributed by atoms with van der Waals surface area (Å²) in [6, 6.07) is -0.382. The van der Waals surface area contributed by atoms with Crippen molar-refractivity contribution in [1.82, 2.24) is 4.90 Å². The molecule has 1 fully saturated rings. The van der Waals surface area contributed by atoms with Crippen LogP contribution in [0.15, 0.2) is 0 Å². The van der Waals surface area contributed by atoms with E-state index in [0.29, 0.717) is 6.54 Å². The molecule has 6 heteroatoms. The second-order valence-electron chi connectivity index (χ2n) is 3.61. The van der Waals surface area contributed by atoms with Crippen LogP contribution < -0.4 is 5.73 Å². The van der Waals surface area contributed by atoms with E-state index in [1.807, 2.05) is 0 Å². The number of likely N-dealkylation sites (tertiary alicyclic amines) is 1. The minimum atomic E-state index is -0.660. The van der Waals surface area contributed by atoms with Crippen LogP contribution in [-0.2, 0) is 14.3 Å². The van der Waals surface area contributed by atoms with E-state index < -0.39 is 12.1 Å². The van der Waals surface area contributed by atoms with Gasteiger partial charge in [0.05, 0.1) is 19.6 Å². The van der Waals surface area contributed by atoms with Crippen LogP contribution in [0.5, 0.6) is 0 Å². The molecule has 1 heterocycles. The van der Waals surface area contributed by atoms with Crippen LogP contribution in [0.1, 0.15) is 12.8 Å². The predicted molar refractivity (Wildman–Crippen MR) is 51.8 cm³/mol. The second kappa shape index (κ2) is 5.09. The second-order valence-corrected chi connectivity index (χ2v) is 3.61. The number of aliphatic hydroxyl groups excluding tert-OH is 1. The Labute approximate surface area is 88.0 Å². The molecule has 2 atom stereocenters. The molecule has 1 saturated heterocycles. The molecule has 6 nitrogen and oxygen atoms in total. The molecule has 1 aliphatic rings.